The molecule has 0 radical (unpaired) electrons. The molecular weight excluding hydrogens is 228 g/mol. The van der Waals surface area contributed by atoms with Gasteiger partial charge in [0.05, 0.1) is 11.0 Å². The second kappa shape index (κ2) is 5.80. The van der Waals surface area contributed by atoms with Crippen LogP contribution in [0.4, 0.5) is 10.5 Å². The van der Waals surface area contributed by atoms with Crippen LogP contribution in [0.25, 0.3) is 0 Å². The van der Waals surface area contributed by atoms with E-state index < -0.39 is 17.1 Å². The van der Waals surface area contributed by atoms with Crippen molar-refractivity contribution in [2.75, 3.05) is 6.61 Å². The Balaban J connectivity index is 2.96. The fourth-order valence-electron chi connectivity index (χ4n) is 1.46. The van der Waals surface area contributed by atoms with Gasteiger partial charge in [-0.05, 0) is 12.0 Å². The maximum Gasteiger partial charge on any atom is 0.405 e. The second-order valence-corrected chi connectivity index (χ2v) is 3.37. The predicted molar refractivity (Wildman–Crippen MR) is 58.7 cm³/mol. The molecule has 0 aliphatic heterocycles. The van der Waals surface area contributed by atoms with Gasteiger partial charge in [0, 0.05) is 18.7 Å². The summed E-state index contributed by atoms with van der Waals surface area (Å²) >= 11 is 0. The highest BCUT2D eigenvalue weighted by Gasteiger charge is 2.16. The lowest BCUT2D eigenvalue weighted by Crippen LogP contribution is -2.27. The van der Waals surface area contributed by atoms with E-state index in [-0.39, 0.29) is 18.7 Å². The maximum atomic E-state index is 10.6. The van der Waals surface area contributed by atoms with Crippen molar-refractivity contribution in [3.05, 3.63) is 39.9 Å². The lowest BCUT2D eigenvalue weighted by atomic mass is 10.0. The number of rotatable bonds is 5. The number of hydrogen-bond donors (Lipinski definition) is 3. The number of non-ortho nitro benzene ring substituents is 1. The minimum absolute atomic E-state index is 0.113. The number of carboxylic acid groups (broad SMARTS) is 1. The van der Waals surface area contributed by atoms with E-state index in [1.807, 2.05) is 0 Å². The van der Waals surface area contributed by atoms with Crippen LogP contribution in [-0.2, 0) is 0 Å². The van der Waals surface area contributed by atoms with Gasteiger partial charge in [0.1, 0.15) is 0 Å². The molecule has 0 fully saturated rings. The standard InChI is InChI=1S/C10H12N2O5/c13-5-4-9(11-10(14)15)7-2-1-3-8(6-7)12(16)17/h1-3,6,9,11,13H,4-5H2,(H,14,15). The third-order valence-electron chi connectivity index (χ3n) is 2.20. The first-order valence-electron chi connectivity index (χ1n) is 4.89. The first-order chi connectivity index (χ1) is 8.04. The number of nitrogens with zero attached hydrogens (tertiary/aromatic N) is 1. The fraction of sp³-hybridized carbons (Fsp3) is 0.300. The van der Waals surface area contributed by atoms with Crippen molar-refractivity contribution in [1.82, 2.24) is 5.32 Å². The van der Waals surface area contributed by atoms with Gasteiger partial charge in [-0.3, -0.25) is 10.1 Å². The minimum atomic E-state index is -1.24. The minimum Gasteiger partial charge on any atom is -0.465 e. The number of aliphatic hydroxyl groups is 1. The summed E-state index contributed by atoms with van der Waals surface area (Å²) in [6.45, 7) is -0.215. The van der Waals surface area contributed by atoms with Gasteiger partial charge in [-0.1, -0.05) is 12.1 Å². The van der Waals surface area contributed by atoms with Crippen molar-refractivity contribution >= 4 is 11.8 Å². The number of nitrogens with one attached hydrogen (secondary N) is 1. The first kappa shape index (κ1) is 12.9. The van der Waals surface area contributed by atoms with Crippen molar-refractivity contribution in [3.63, 3.8) is 0 Å². The van der Waals surface area contributed by atoms with Gasteiger partial charge in [0.2, 0.25) is 0 Å². The molecule has 17 heavy (non-hydrogen) atoms. The summed E-state index contributed by atoms with van der Waals surface area (Å²) in [7, 11) is 0. The molecule has 0 aliphatic rings. The molecule has 0 saturated heterocycles. The highest BCUT2D eigenvalue weighted by atomic mass is 16.6. The first-order valence-corrected chi connectivity index (χ1v) is 4.89. The molecular formula is C10H12N2O5. The Hall–Kier alpha value is -2.15. The summed E-state index contributed by atoms with van der Waals surface area (Å²) < 4.78 is 0. The predicted octanol–water partition coefficient (Wildman–Crippen LogP) is 1.29. The van der Waals surface area contributed by atoms with E-state index >= 15 is 0 Å². The van der Waals surface area contributed by atoms with E-state index in [4.69, 9.17) is 10.2 Å². The summed E-state index contributed by atoms with van der Waals surface area (Å²) in [4.78, 5) is 20.6. The highest BCUT2D eigenvalue weighted by Crippen LogP contribution is 2.21. The third-order valence-corrected chi connectivity index (χ3v) is 2.20. The van der Waals surface area contributed by atoms with Crippen molar-refractivity contribution in [3.8, 4) is 0 Å². The molecule has 1 aromatic carbocycles. The Morgan fingerprint density at radius 2 is 2.24 bits per heavy atom. The zero-order valence-corrected chi connectivity index (χ0v) is 8.87. The molecule has 92 valence electrons. The van der Waals surface area contributed by atoms with Gasteiger partial charge in [0.15, 0.2) is 0 Å². The summed E-state index contributed by atoms with van der Waals surface area (Å²) in [5.74, 6) is 0. The van der Waals surface area contributed by atoms with Crippen molar-refractivity contribution < 1.29 is 19.9 Å². The molecule has 1 rings (SSSR count). The molecule has 1 amide bonds. The molecule has 1 unspecified atom stereocenters. The number of hydrogen-bond acceptors (Lipinski definition) is 4. The third kappa shape index (κ3) is 3.72. The lowest BCUT2D eigenvalue weighted by molar-refractivity contribution is -0.384. The average Bonchev–Trinajstić information content (AvgIpc) is 2.28. The molecule has 7 heteroatoms. The number of amides is 1. The van der Waals surface area contributed by atoms with Crippen LogP contribution in [0.3, 0.4) is 0 Å². The van der Waals surface area contributed by atoms with Gasteiger partial charge >= 0.3 is 6.09 Å². The number of nitro benzene ring substituents is 1. The van der Waals surface area contributed by atoms with Crippen LogP contribution in [0, 0.1) is 10.1 Å². The van der Waals surface area contributed by atoms with Gasteiger partial charge < -0.3 is 15.5 Å². The van der Waals surface area contributed by atoms with E-state index in [1.165, 1.54) is 18.2 Å². The smallest absolute Gasteiger partial charge is 0.405 e. The molecule has 1 aromatic rings. The van der Waals surface area contributed by atoms with Crippen LogP contribution in [0.15, 0.2) is 24.3 Å². The summed E-state index contributed by atoms with van der Waals surface area (Å²) in [5, 5.41) is 30.2. The summed E-state index contributed by atoms with van der Waals surface area (Å²) in [5.41, 5.74) is 0.341. The molecule has 0 saturated carbocycles. The number of nitro groups is 1. The van der Waals surface area contributed by atoms with Crippen LogP contribution in [0.5, 0.6) is 0 Å². The number of aliphatic hydroxyl groups excluding tert-OH is 1. The van der Waals surface area contributed by atoms with Gasteiger partial charge in [-0.2, -0.15) is 0 Å². The fourth-order valence-corrected chi connectivity index (χ4v) is 1.46. The largest absolute Gasteiger partial charge is 0.465 e. The zero-order valence-electron chi connectivity index (χ0n) is 8.87. The van der Waals surface area contributed by atoms with Gasteiger partial charge in [0.25, 0.3) is 5.69 Å². The van der Waals surface area contributed by atoms with Crippen LogP contribution < -0.4 is 5.32 Å². The van der Waals surface area contributed by atoms with E-state index in [0.29, 0.717) is 5.56 Å². The molecule has 1 atom stereocenters. The van der Waals surface area contributed by atoms with E-state index in [1.54, 1.807) is 6.07 Å². The number of carbonyl (C=O) groups is 1. The molecule has 0 heterocycles. The van der Waals surface area contributed by atoms with Crippen LogP contribution in [0.1, 0.15) is 18.0 Å². The monoisotopic (exact) mass is 240 g/mol. The normalized spacial score (nSPS) is 11.8. The Kier molecular flexibility index (Phi) is 4.41. The molecule has 7 nitrogen and oxygen atoms in total. The molecule has 0 spiro atoms. The Morgan fingerprint density at radius 1 is 1.53 bits per heavy atom. The van der Waals surface area contributed by atoms with Crippen molar-refractivity contribution in [1.29, 1.82) is 0 Å². The molecule has 0 aliphatic carbocycles. The van der Waals surface area contributed by atoms with Crippen LogP contribution in [0.2, 0.25) is 0 Å². The molecule has 3 N–H and O–H groups in total. The quantitative estimate of drug-likeness (QED) is 0.530. The second-order valence-electron chi connectivity index (χ2n) is 3.37. The van der Waals surface area contributed by atoms with Crippen molar-refractivity contribution in [2.45, 2.75) is 12.5 Å². The lowest BCUT2D eigenvalue weighted by Gasteiger charge is -2.15. The Bertz CT molecular complexity index is 421. The van der Waals surface area contributed by atoms with E-state index in [2.05, 4.69) is 5.32 Å². The summed E-state index contributed by atoms with van der Waals surface area (Å²) in [6, 6.07) is 5.00. The highest BCUT2D eigenvalue weighted by molar-refractivity contribution is 5.65. The van der Waals surface area contributed by atoms with E-state index in [9.17, 15) is 14.9 Å². The Labute approximate surface area is 96.8 Å². The average molecular weight is 240 g/mol. The topological polar surface area (TPSA) is 113 Å². The van der Waals surface area contributed by atoms with Crippen LogP contribution in [-0.4, -0.2) is 27.8 Å². The maximum absolute atomic E-state index is 10.6. The molecule has 0 bridgehead atoms. The molecule has 0 aromatic heterocycles. The SMILES string of the molecule is O=C(O)NC(CCO)c1cccc([N+](=O)[O-])c1. The van der Waals surface area contributed by atoms with Gasteiger partial charge in [-0.25, -0.2) is 4.79 Å². The zero-order chi connectivity index (χ0) is 12.8. The number of benzene rings is 1. The van der Waals surface area contributed by atoms with Crippen LogP contribution >= 0.6 is 0 Å². The van der Waals surface area contributed by atoms with Gasteiger partial charge in [-0.15, -0.1) is 0 Å². The Morgan fingerprint density at radius 3 is 2.76 bits per heavy atom. The van der Waals surface area contributed by atoms with Crippen molar-refractivity contribution in [2.24, 2.45) is 0 Å². The van der Waals surface area contributed by atoms with E-state index in [0.717, 1.165) is 0 Å². The summed E-state index contributed by atoms with van der Waals surface area (Å²) in [6.07, 6.45) is -1.08.